The minimum atomic E-state index is -0.700. The lowest BCUT2D eigenvalue weighted by Gasteiger charge is -2.29. The highest BCUT2D eigenvalue weighted by Crippen LogP contribution is 2.29. The number of methoxy groups -OCH3 is 2. The van der Waals surface area contributed by atoms with Crippen molar-refractivity contribution in [2.45, 2.75) is 38.6 Å². The second-order valence-corrected chi connectivity index (χ2v) is 5.86. The van der Waals surface area contributed by atoms with Crippen LogP contribution in [0.1, 0.15) is 32.6 Å². The van der Waals surface area contributed by atoms with Gasteiger partial charge in [-0.2, -0.15) is 0 Å². The Kier molecular flexibility index (Phi) is 5.84. The summed E-state index contributed by atoms with van der Waals surface area (Å²) in [4.78, 5) is 24.3. The van der Waals surface area contributed by atoms with E-state index in [0.717, 1.165) is 19.3 Å². The van der Waals surface area contributed by atoms with E-state index in [9.17, 15) is 9.59 Å². The number of hydrogen-bond acceptors (Lipinski definition) is 4. The van der Waals surface area contributed by atoms with Crippen molar-refractivity contribution in [3.63, 3.8) is 0 Å². The van der Waals surface area contributed by atoms with E-state index in [1.807, 2.05) is 0 Å². The van der Waals surface area contributed by atoms with Crippen LogP contribution >= 0.6 is 0 Å². The van der Waals surface area contributed by atoms with E-state index < -0.39 is 11.8 Å². The average molecular weight is 320 g/mol. The molecule has 1 aromatic rings. The summed E-state index contributed by atoms with van der Waals surface area (Å²) in [5, 5.41) is 5.42. The molecule has 2 atom stereocenters. The van der Waals surface area contributed by atoms with Gasteiger partial charge in [-0.15, -0.1) is 0 Å². The molecule has 1 fully saturated rings. The molecule has 2 rings (SSSR count). The maximum absolute atomic E-state index is 12.1. The predicted octanol–water partition coefficient (Wildman–Crippen LogP) is 2.34. The van der Waals surface area contributed by atoms with Crippen LogP contribution in [0.4, 0.5) is 5.69 Å². The molecule has 2 amide bonds. The van der Waals surface area contributed by atoms with Crippen LogP contribution in [0, 0.1) is 5.92 Å². The first-order valence-corrected chi connectivity index (χ1v) is 7.89. The lowest BCUT2D eigenvalue weighted by molar-refractivity contribution is -0.137. The highest BCUT2D eigenvalue weighted by Gasteiger charge is 2.25. The van der Waals surface area contributed by atoms with Gasteiger partial charge < -0.3 is 20.1 Å². The standard InChI is InChI=1S/C17H24N2O4/c1-11-6-4-5-7-13(11)18-16(20)17(21)19-14-10-12(22-2)8-9-15(14)23-3/h8-11,13H,4-7H2,1-3H3,(H,18,20)(H,19,21). The first-order valence-electron chi connectivity index (χ1n) is 7.89. The summed E-state index contributed by atoms with van der Waals surface area (Å²) in [6, 6.07) is 5.08. The smallest absolute Gasteiger partial charge is 0.313 e. The van der Waals surface area contributed by atoms with Gasteiger partial charge in [0.1, 0.15) is 11.5 Å². The number of nitrogens with one attached hydrogen (secondary N) is 2. The van der Waals surface area contributed by atoms with Gasteiger partial charge in [0, 0.05) is 12.1 Å². The normalized spacial score (nSPS) is 20.5. The second kappa shape index (κ2) is 7.85. The molecule has 6 nitrogen and oxygen atoms in total. The Morgan fingerprint density at radius 1 is 1.09 bits per heavy atom. The first kappa shape index (κ1) is 17.1. The van der Waals surface area contributed by atoms with Gasteiger partial charge >= 0.3 is 11.8 Å². The summed E-state index contributed by atoms with van der Waals surface area (Å²) in [6.07, 6.45) is 4.26. The predicted molar refractivity (Wildman–Crippen MR) is 87.7 cm³/mol. The number of carbonyl (C=O) groups excluding carboxylic acids is 2. The highest BCUT2D eigenvalue weighted by molar-refractivity contribution is 6.39. The number of anilines is 1. The van der Waals surface area contributed by atoms with Crippen LogP contribution in [-0.2, 0) is 9.59 Å². The monoisotopic (exact) mass is 320 g/mol. The van der Waals surface area contributed by atoms with Gasteiger partial charge in [0.25, 0.3) is 0 Å². The van der Waals surface area contributed by atoms with Crippen molar-refractivity contribution in [2.75, 3.05) is 19.5 Å². The fourth-order valence-corrected chi connectivity index (χ4v) is 2.86. The molecule has 1 aliphatic carbocycles. The minimum Gasteiger partial charge on any atom is -0.497 e. The van der Waals surface area contributed by atoms with Crippen molar-refractivity contribution in [3.05, 3.63) is 18.2 Å². The van der Waals surface area contributed by atoms with Crippen LogP contribution in [0.5, 0.6) is 11.5 Å². The third-order valence-electron chi connectivity index (χ3n) is 4.29. The van der Waals surface area contributed by atoms with Crippen molar-refractivity contribution in [1.29, 1.82) is 0 Å². The van der Waals surface area contributed by atoms with Crippen LogP contribution in [0.15, 0.2) is 18.2 Å². The lowest BCUT2D eigenvalue weighted by atomic mass is 9.86. The van der Waals surface area contributed by atoms with Gasteiger partial charge in [0.15, 0.2) is 0 Å². The molecule has 1 aromatic carbocycles. The van der Waals surface area contributed by atoms with E-state index in [2.05, 4.69) is 17.6 Å². The van der Waals surface area contributed by atoms with Crippen molar-refractivity contribution in [1.82, 2.24) is 5.32 Å². The molecule has 0 heterocycles. The number of benzene rings is 1. The largest absolute Gasteiger partial charge is 0.497 e. The molecule has 2 unspecified atom stereocenters. The Bertz CT molecular complexity index is 574. The molecule has 0 radical (unpaired) electrons. The zero-order valence-electron chi connectivity index (χ0n) is 13.8. The quantitative estimate of drug-likeness (QED) is 0.835. The zero-order valence-corrected chi connectivity index (χ0v) is 13.8. The molecular weight excluding hydrogens is 296 g/mol. The number of hydrogen-bond donors (Lipinski definition) is 2. The van der Waals surface area contributed by atoms with Gasteiger partial charge in [0.2, 0.25) is 0 Å². The Morgan fingerprint density at radius 3 is 2.48 bits per heavy atom. The maximum Gasteiger partial charge on any atom is 0.313 e. The van der Waals surface area contributed by atoms with E-state index in [4.69, 9.17) is 9.47 Å². The third-order valence-corrected chi connectivity index (χ3v) is 4.29. The summed E-state index contributed by atoms with van der Waals surface area (Å²) in [7, 11) is 3.03. The lowest BCUT2D eigenvalue weighted by Crippen LogP contribution is -2.45. The van der Waals surface area contributed by atoms with Gasteiger partial charge in [-0.05, 0) is 30.9 Å². The fourth-order valence-electron chi connectivity index (χ4n) is 2.86. The van der Waals surface area contributed by atoms with E-state index >= 15 is 0 Å². The van der Waals surface area contributed by atoms with Gasteiger partial charge in [0.05, 0.1) is 19.9 Å². The second-order valence-electron chi connectivity index (χ2n) is 5.86. The average Bonchev–Trinajstić information content (AvgIpc) is 2.56. The van der Waals surface area contributed by atoms with E-state index in [-0.39, 0.29) is 6.04 Å². The molecule has 1 saturated carbocycles. The Balaban J connectivity index is 2.01. The van der Waals surface area contributed by atoms with E-state index in [1.165, 1.54) is 20.6 Å². The summed E-state index contributed by atoms with van der Waals surface area (Å²) in [6.45, 7) is 2.10. The molecule has 0 aromatic heterocycles. The molecule has 0 bridgehead atoms. The SMILES string of the molecule is COc1ccc(OC)c(NC(=O)C(=O)NC2CCCCC2C)c1. The van der Waals surface area contributed by atoms with Crippen molar-refractivity contribution >= 4 is 17.5 Å². The number of carbonyl (C=O) groups is 2. The topological polar surface area (TPSA) is 76.7 Å². The molecule has 0 spiro atoms. The fraction of sp³-hybridized carbons (Fsp3) is 0.529. The van der Waals surface area contributed by atoms with Crippen LogP contribution in [0.25, 0.3) is 0 Å². The molecule has 126 valence electrons. The molecule has 1 aliphatic rings. The summed E-state index contributed by atoms with van der Waals surface area (Å²) in [5.74, 6) is 0.121. The Labute approximate surface area is 136 Å². The molecule has 0 saturated heterocycles. The molecule has 6 heteroatoms. The summed E-state index contributed by atoms with van der Waals surface area (Å²) < 4.78 is 10.3. The molecule has 23 heavy (non-hydrogen) atoms. The van der Waals surface area contributed by atoms with Crippen molar-refractivity contribution in [3.8, 4) is 11.5 Å². The number of amides is 2. The zero-order chi connectivity index (χ0) is 16.8. The third kappa shape index (κ3) is 4.37. The van der Waals surface area contributed by atoms with E-state index in [0.29, 0.717) is 23.1 Å². The minimum absolute atomic E-state index is 0.0641. The van der Waals surface area contributed by atoms with Gasteiger partial charge in [-0.1, -0.05) is 19.8 Å². The van der Waals surface area contributed by atoms with Crippen LogP contribution in [0.2, 0.25) is 0 Å². The first-order chi connectivity index (χ1) is 11.0. The molecular formula is C17H24N2O4. The Morgan fingerprint density at radius 2 is 1.83 bits per heavy atom. The molecule has 0 aliphatic heterocycles. The van der Waals surface area contributed by atoms with Gasteiger partial charge in [-0.25, -0.2) is 0 Å². The maximum atomic E-state index is 12.1. The van der Waals surface area contributed by atoms with Crippen LogP contribution in [-0.4, -0.2) is 32.1 Å². The van der Waals surface area contributed by atoms with E-state index in [1.54, 1.807) is 18.2 Å². The van der Waals surface area contributed by atoms with Crippen LogP contribution in [0.3, 0.4) is 0 Å². The van der Waals surface area contributed by atoms with Crippen molar-refractivity contribution in [2.24, 2.45) is 5.92 Å². The summed E-state index contributed by atoms with van der Waals surface area (Å²) in [5.41, 5.74) is 0.406. The number of ether oxygens (including phenoxy) is 2. The highest BCUT2D eigenvalue weighted by atomic mass is 16.5. The molecule has 2 N–H and O–H groups in total. The van der Waals surface area contributed by atoms with Crippen LogP contribution < -0.4 is 20.1 Å². The van der Waals surface area contributed by atoms with Crippen molar-refractivity contribution < 1.29 is 19.1 Å². The summed E-state index contributed by atoms with van der Waals surface area (Å²) >= 11 is 0. The number of rotatable bonds is 4. The Hall–Kier alpha value is -2.24. The van der Waals surface area contributed by atoms with Gasteiger partial charge in [-0.3, -0.25) is 9.59 Å².